The highest BCUT2D eigenvalue weighted by molar-refractivity contribution is 7.89. The highest BCUT2D eigenvalue weighted by Crippen LogP contribution is 2.40. The highest BCUT2D eigenvalue weighted by Gasteiger charge is 2.40. The molecule has 0 amide bonds. The van der Waals surface area contributed by atoms with Gasteiger partial charge in [-0.3, -0.25) is 0 Å². The summed E-state index contributed by atoms with van der Waals surface area (Å²) in [6.45, 7) is 4.21. The molecule has 1 fully saturated rings. The first-order valence-electron chi connectivity index (χ1n) is 7.27. The maximum absolute atomic E-state index is 12.9. The van der Waals surface area contributed by atoms with Gasteiger partial charge in [-0.2, -0.15) is 4.31 Å². The van der Waals surface area contributed by atoms with E-state index in [-0.39, 0.29) is 18.1 Å². The molecule has 1 aromatic carbocycles. The third-order valence-corrected chi connectivity index (χ3v) is 6.11. The normalized spacial score (nSPS) is 27.0. The van der Waals surface area contributed by atoms with E-state index in [2.05, 4.69) is 0 Å². The molecule has 122 valence electrons. The van der Waals surface area contributed by atoms with Gasteiger partial charge >= 0.3 is 0 Å². The Hall–Kier alpha value is -1.15. The summed E-state index contributed by atoms with van der Waals surface area (Å²) in [5.41, 5.74) is 0.477. The van der Waals surface area contributed by atoms with Crippen molar-refractivity contribution < 1.29 is 23.0 Å². The molecule has 0 unspecified atom stereocenters. The van der Waals surface area contributed by atoms with Crippen LogP contribution in [0.5, 0.6) is 5.75 Å². The van der Waals surface area contributed by atoms with E-state index >= 15 is 0 Å². The number of para-hydroxylation sites is 1. The molecule has 0 radical (unpaired) electrons. The number of nitrogens with zero attached hydrogens (tertiary/aromatic N) is 1. The molecule has 2 heterocycles. The lowest BCUT2D eigenvalue weighted by Gasteiger charge is -2.26. The van der Waals surface area contributed by atoms with Gasteiger partial charge in [0.15, 0.2) is 0 Å². The summed E-state index contributed by atoms with van der Waals surface area (Å²) in [6.07, 6.45) is -0.140. The monoisotopic (exact) mass is 327 g/mol. The summed E-state index contributed by atoms with van der Waals surface area (Å²) < 4.78 is 38.0. The van der Waals surface area contributed by atoms with Crippen molar-refractivity contribution in [2.75, 3.05) is 20.3 Å². The Kier molecular flexibility index (Phi) is 3.71. The molecule has 2 aliphatic heterocycles. The van der Waals surface area contributed by atoms with Crippen molar-refractivity contribution >= 4 is 10.0 Å². The molecule has 0 saturated carbocycles. The number of benzene rings is 1. The zero-order valence-electron chi connectivity index (χ0n) is 12.9. The standard InChI is InChI=1S/C15H21NO5S/c1-15(2)7-10-5-4-6-13(14(10)21-15)22(18,19)16(3)11-8-20-9-12(11)17/h4-6,11-12,17H,7-9H2,1-3H3/t11-,12-/m1/s1. The third-order valence-electron chi connectivity index (χ3n) is 4.20. The molecule has 22 heavy (non-hydrogen) atoms. The molecule has 3 rings (SSSR count). The number of aliphatic hydroxyl groups is 1. The Morgan fingerprint density at radius 3 is 2.68 bits per heavy atom. The van der Waals surface area contributed by atoms with Gasteiger partial charge in [0.1, 0.15) is 16.2 Å². The number of hydrogen-bond donors (Lipinski definition) is 1. The molecule has 1 aromatic rings. The fraction of sp³-hybridized carbons (Fsp3) is 0.600. The lowest BCUT2D eigenvalue weighted by atomic mass is 10.0. The van der Waals surface area contributed by atoms with Crippen molar-refractivity contribution in [3.63, 3.8) is 0 Å². The van der Waals surface area contributed by atoms with E-state index in [4.69, 9.17) is 9.47 Å². The van der Waals surface area contributed by atoms with Crippen LogP contribution in [-0.4, -0.2) is 55.8 Å². The maximum atomic E-state index is 12.9. The second-order valence-corrected chi connectivity index (χ2v) is 8.44. The van der Waals surface area contributed by atoms with E-state index in [1.54, 1.807) is 12.1 Å². The molecule has 2 aliphatic rings. The number of hydrogen-bond acceptors (Lipinski definition) is 5. The first-order valence-corrected chi connectivity index (χ1v) is 8.71. The van der Waals surface area contributed by atoms with Gasteiger partial charge in [0.05, 0.1) is 25.4 Å². The number of fused-ring (bicyclic) bond motifs is 1. The zero-order valence-corrected chi connectivity index (χ0v) is 13.8. The van der Waals surface area contributed by atoms with Gasteiger partial charge in [-0.15, -0.1) is 0 Å². The van der Waals surface area contributed by atoms with Crippen LogP contribution in [0.15, 0.2) is 23.1 Å². The average Bonchev–Trinajstić information content (AvgIpc) is 2.98. The van der Waals surface area contributed by atoms with Gasteiger partial charge in [0.25, 0.3) is 0 Å². The molecule has 0 aliphatic carbocycles. The molecule has 7 heteroatoms. The number of sulfonamides is 1. The van der Waals surface area contributed by atoms with Crippen LogP contribution in [0.25, 0.3) is 0 Å². The topological polar surface area (TPSA) is 76.1 Å². The summed E-state index contributed by atoms with van der Waals surface area (Å²) in [7, 11) is -2.29. The van der Waals surface area contributed by atoms with Gasteiger partial charge in [0, 0.05) is 13.5 Å². The number of rotatable bonds is 3. The number of aliphatic hydroxyl groups excluding tert-OH is 1. The summed E-state index contributed by atoms with van der Waals surface area (Å²) in [6, 6.07) is 4.59. The number of likely N-dealkylation sites (N-methyl/N-ethyl adjacent to an activating group) is 1. The predicted octanol–water partition coefficient (Wildman–Crippen LogP) is 0.780. The molecule has 1 saturated heterocycles. The van der Waals surface area contributed by atoms with Crippen LogP contribution in [0, 0.1) is 0 Å². The molecule has 0 bridgehead atoms. The van der Waals surface area contributed by atoms with Crippen LogP contribution in [0.3, 0.4) is 0 Å². The SMILES string of the molecule is CN([C@@H]1COC[C@H]1O)S(=O)(=O)c1cccc2c1OC(C)(C)C2. The van der Waals surface area contributed by atoms with Gasteiger partial charge < -0.3 is 14.6 Å². The molecular weight excluding hydrogens is 306 g/mol. The van der Waals surface area contributed by atoms with Crippen LogP contribution >= 0.6 is 0 Å². The van der Waals surface area contributed by atoms with Gasteiger partial charge in [-0.1, -0.05) is 12.1 Å². The Bertz CT molecular complexity index is 685. The third kappa shape index (κ3) is 2.52. The number of ether oxygens (including phenoxy) is 2. The summed E-state index contributed by atoms with van der Waals surface area (Å²) >= 11 is 0. The van der Waals surface area contributed by atoms with Crippen LogP contribution in [-0.2, 0) is 21.2 Å². The summed E-state index contributed by atoms with van der Waals surface area (Å²) in [5, 5.41) is 9.88. The minimum absolute atomic E-state index is 0.150. The fourth-order valence-corrected chi connectivity index (χ4v) is 4.53. The van der Waals surface area contributed by atoms with Gasteiger partial charge in [-0.25, -0.2) is 8.42 Å². The van der Waals surface area contributed by atoms with E-state index in [1.807, 2.05) is 19.9 Å². The fourth-order valence-electron chi connectivity index (χ4n) is 3.00. The summed E-state index contributed by atoms with van der Waals surface area (Å²) in [5.74, 6) is 0.424. The Balaban J connectivity index is 1.99. The lowest BCUT2D eigenvalue weighted by molar-refractivity contribution is 0.115. The van der Waals surface area contributed by atoms with E-state index in [1.165, 1.54) is 11.4 Å². The van der Waals surface area contributed by atoms with E-state index < -0.39 is 27.8 Å². The van der Waals surface area contributed by atoms with E-state index in [0.717, 1.165) is 5.56 Å². The molecule has 2 atom stereocenters. The highest BCUT2D eigenvalue weighted by atomic mass is 32.2. The van der Waals surface area contributed by atoms with Crippen LogP contribution in [0.4, 0.5) is 0 Å². The van der Waals surface area contributed by atoms with Crippen molar-refractivity contribution in [3.05, 3.63) is 23.8 Å². The van der Waals surface area contributed by atoms with Crippen molar-refractivity contribution in [2.24, 2.45) is 0 Å². The molecule has 0 spiro atoms. The van der Waals surface area contributed by atoms with Crippen molar-refractivity contribution in [2.45, 2.75) is 42.9 Å². The quantitative estimate of drug-likeness (QED) is 0.888. The molecule has 0 aromatic heterocycles. The second-order valence-electron chi connectivity index (χ2n) is 6.48. The van der Waals surface area contributed by atoms with Crippen LogP contribution < -0.4 is 4.74 Å². The molecular formula is C15H21NO5S. The summed E-state index contributed by atoms with van der Waals surface area (Å²) in [4.78, 5) is 0.150. The van der Waals surface area contributed by atoms with Crippen molar-refractivity contribution in [3.8, 4) is 5.75 Å². The molecule has 6 nitrogen and oxygen atoms in total. The smallest absolute Gasteiger partial charge is 0.246 e. The van der Waals surface area contributed by atoms with Crippen molar-refractivity contribution in [1.82, 2.24) is 4.31 Å². The largest absolute Gasteiger partial charge is 0.486 e. The zero-order chi connectivity index (χ0) is 16.1. The predicted molar refractivity (Wildman–Crippen MR) is 80.4 cm³/mol. The Labute approximate surface area is 130 Å². The lowest BCUT2D eigenvalue weighted by Crippen LogP contribution is -2.44. The van der Waals surface area contributed by atoms with Gasteiger partial charge in [0.2, 0.25) is 10.0 Å². The van der Waals surface area contributed by atoms with Crippen LogP contribution in [0.2, 0.25) is 0 Å². The second kappa shape index (κ2) is 5.19. The first kappa shape index (κ1) is 15.7. The first-order chi connectivity index (χ1) is 10.2. The van der Waals surface area contributed by atoms with E-state index in [9.17, 15) is 13.5 Å². The minimum atomic E-state index is -3.76. The average molecular weight is 327 g/mol. The van der Waals surface area contributed by atoms with Crippen LogP contribution in [0.1, 0.15) is 19.4 Å². The minimum Gasteiger partial charge on any atom is -0.486 e. The molecule has 1 N–H and O–H groups in total. The van der Waals surface area contributed by atoms with Gasteiger partial charge in [-0.05, 0) is 25.5 Å². The van der Waals surface area contributed by atoms with E-state index in [0.29, 0.717) is 12.2 Å². The Morgan fingerprint density at radius 2 is 2.05 bits per heavy atom. The maximum Gasteiger partial charge on any atom is 0.246 e. The van der Waals surface area contributed by atoms with Crippen molar-refractivity contribution in [1.29, 1.82) is 0 Å². The Morgan fingerprint density at radius 1 is 1.32 bits per heavy atom.